The van der Waals surface area contributed by atoms with Crippen molar-refractivity contribution < 1.29 is 18.7 Å². The van der Waals surface area contributed by atoms with E-state index in [1.54, 1.807) is 28.0 Å². The standard InChI is InChI=1S/C26H27N5O4/c32-24(18-31-23-13-5-4-12-22(23)28-29-31)30(17-21-11-7-15-35-21)25(19-8-2-1-3-9-19)26(33)27-16-20-10-6-14-34-20/h1-6,8-10,12-14,21,25H,7,11,15-18H2,(H,27,33)/t21-,25-/m0/s1. The second kappa shape index (κ2) is 10.5. The molecule has 0 radical (unpaired) electrons. The fourth-order valence-electron chi connectivity index (χ4n) is 4.40. The number of ether oxygens (including phenoxy) is 1. The summed E-state index contributed by atoms with van der Waals surface area (Å²) in [5.74, 6) is 0.108. The van der Waals surface area contributed by atoms with E-state index in [1.165, 1.54) is 0 Å². The SMILES string of the molecule is O=C(NCc1ccco1)[C@H](c1ccccc1)N(C[C@@H]1CCCO1)C(=O)Cn1nnc2ccccc21. The Kier molecular flexibility index (Phi) is 6.85. The molecule has 1 aliphatic heterocycles. The van der Waals surface area contributed by atoms with E-state index >= 15 is 0 Å². The number of carbonyl (C=O) groups is 2. The van der Waals surface area contributed by atoms with Gasteiger partial charge in [-0.3, -0.25) is 9.59 Å². The van der Waals surface area contributed by atoms with Gasteiger partial charge in [-0.25, -0.2) is 4.68 Å². The summed E-state index contributed by atoms with van der Waals surface area (Å²) < 4.78 is 12.8. The summed E-state index contributed by atoms with van der Waals surface area (Å²) >= 11 is 0. The number of carbonyl (C=O) groups excluding carboxylic acids is 2. The molecule has 5 rings (SSSR count). The van der Waals surface area contributed by atoms with Gasteiger partial charge in [-0.2, -0.15) is 0 Å². The van der Waals surface area contributed by atoms with Crippen molar-refractivity contribution in [2.75, 3.05) is 13.2 Å². The summed E-state index contributed by atoms with van der Waals surface area (Å²) in [6.45, 7) is 1.15. The molecule has 9 heteroatoms. The predicted octanol–water partition coefficient (Wildman–Crippen LogP) is 3.09. The number of nitrogens with zero attached hydrogens (tertiary/aromatic N) is 4. The van der Waals surface area contributed by atoms with E-state index in [-0.39, 0.29) is 31.0 Å². The average Bonchev–Trinajstić information content (AvgIpc) is 3.66. The lowest BCUT2D eigenvalue weighted by Gasteiger charge is -2.33. The third kappa shape index (κ3) is 5.25. The van der Waals surface area contributed by atoms with Crippen molar-refractivity contribution >= 4 is 22.8 Å². The Labute approximate surface area is 202 Å². The number of fused-ring (bicyclic) bond motifs is 1. The lowest BCUT2D eigenvalue weighted by molar-refractivity contribution is -0.143. The molecular formula is C26H27N5O4. The van der Waals surface area contributed by atoms with Gasteiger partial charge in [0.15, 0.2) is 0 Å². The number of benzene rings is 2. The van der Waals surface area contributed by atoms with E-state index in [0.29, 0.717) is 24.4 Å². The molecule has 0 unspecified atom stereocenters. The fourth-order valence-corrected chi connectivity index (χ4v) is 4.40. The maximum Gasteiger partial charge on any atom is 0.247 e. The smallest absolute Gasteiger partial charge is 0.247 e. The molecule has 1 aliphatic rings. The first kappa shape index (κ1) is 22.8. The predicted molar refractivity (Wildman–Crippen MR) is 128 cm³/mol. The second-order valence-corrected chi connectivity index (χ2v) is 8.53. The van der Waals surface area contributed by atoms with Crippen molar-refractivity contribution in [3.63, 3.8) is 0 Å². The molecule has 0 bridgehead atoms. The molecular weight excluding hydrogens is 446 g/mol. The highest BCUT2D eigenvalue weighted by atomic mass is 16.5. The molecule has 9 nitrogen and oxygen atoms in total. The highest BCUT2D eigenvalue weighted by molar-refractivity contribution is 5.89. The zero-order chi connectivity index (χ0) is 24.0. The maximum absolute atomic E-state index is 13.8. The molecule has 2 amide bonds. The summed E-state index contributed by atoms with van der Waals surface area (Å²) in [6.07, 6.45) is 3.20. The Morgan fingerprint density at radius 3 is 2.69 bits per heavy atom. The molecule has 180 valence electrons. The molecule has 1 fully saturated rings. The Morgan fingerprint density at radius 1 is 1.09 bits per heavy atom. The van der Waals surface area contributed by atoms with Crippen LogP contribution in [0.3, 0.4) is 0 Å². The van der Waals surface area contributed by atoms with Gasteiger partial charge in [-0.1, -0.05) is 47.7 Å². The molecule has 35 heavy (non-hydrogen) atoms. The fraction of sp³-hybridized carbons (Fsp3) is 0.308. The average molecular weight is 474 g/mol. The van der Waals surface area contributed by atoms with Crippen LogP contribution in [-0.2, 0) is 27.4 Å². The zero-order valence-corrected chi connectivity index (χ0v) is 19.2. The first-order valence-corrected chi connectivity index (χ1v) is 11.7. The molecule has 4 aromatic rings. The molecule has 0 spiro atoms. The number of nitrogens with one attached hydrogen (secondary N) is 1. The largest absolute Gasteiger partial charge is 0.467 e. The van der Waals surface area contributed by atoms with Crippen molar-refractivity contribution in [3.8, 4) is 0 Å². The van der Waals surface area contributed by atoms with E-state index in [2.05, 4.69) is 15.6 Å². The van der Waals surface area contributed by atoms with Crippen LogP contribution in [0.5, 0.6) is 0 Å². The quantitative estimate of drug-likeness (QED) is 0.401. The summed E-state index contributed by atoms with van der Waals surface area (Å²) in [5, 5.41) is 11.3. The van der Waals surface area contributed by atoms with Gasteiger partial charge >= 0.3 is 0 Å². The Balaban J connectivity index is 1.45. The highest BCUT2D eigenvalue weighted by Gasteiger charge is 2.34. The third-order valence-electron chi connectivity index (χ3n) is 6.14. The minimum absolute atomic E-state index is 0.0397. The van der Waals surface area contributed by atoms with Gasteiger partial charge in [0.05, 0.1) is 24.4 Å². The molecule has 0 saturated carbocycles. The van der Waals surface area contributed by atoms with Crippen LogP contribution in [0.15, 0.2) is 77.4 Å². The Bertz CT molecular complexity index is 1270. The number of furan rings is 1. The van der Waals surface area contributed by atoms with Gasteiger partial charge < -0.3 is 19.4 Å². The van der Waals surface area contributed by atoms with Crippen LogP contribution in [0.1, 0.15) is 30.2 Å². The minimum Gasteiger partial charge on any atom is -0.467 e. The molecule has 0 aliphatic carbocycles. The van der Waals surface area contributed by atoms with Crippen LogP contribution in [0.2, 0.25) is 0 Å². The summed E-state index contributed by atoms with van der Waals surface area (Å²) in [6, 6.07) is 19.5. The van der Waals surface area contributed by atoms with Crippen molar-refractivity contribution in [1.29, 1.82) is 0 Å². The first-order valence-electron chi connectivity index (χ1n) is 11.7. The monoisotopic (exact) mass is 473 g/mol. The normalized spacial score (nSPS) is 16.3. The van der Waals surface area contributed by atoms with E-state index in [4.69, 9.17) is 9.15 Å². The van der Waals surface area contributed by atoms with Crippen molar-refractivity contribution in [1.82, 2.24) is 25.2 Å². The number of hydrogen-bond acceptors (Lipinski definition) is 6. The van der Waals surface area contributed by atoms with Crippen molar-refractivity contribution in [2.24, 2.45) is 0 Å². The molecule has 2 aromatic heterocycles. The molecule has 2 atom stereocenters. The highest BCUT2D eigenvalue weighted by Crippen LogP contribution is 2.25. The Hall–Kier alpha value is -3.98. The minimum atomic E-state index is -0.836. The first-order chi connectivity index (χ1) is 17.2. The van der Waals surface area contributed by atoms with Crippen LogP contribution in [0.4, 0.5) is 0 Å². The van der Waals surface area contributed by atoms with Gasteiger partial charge in [-0.15, -0.1) is 5.10 Å². The van der Waals surface area contributed by atoms with Crippen LogP contribution in [0.25, 0.3) is 11.0 Å². The van der Waals surface area contributed by atoms with E-state index in [0.717, 1.165) is 23.9 Å². The number of hydrogen-bond donors (Lipinski definition) is 1. The summed E-state index contributed by atoms with van der Waals surface area (Å²) in [4.78, 5) is 28.9. The van der Waals surface area contributed by atoms with E-state index < -0.39 is 6.04 Å². The lowest BCUT2D eigenvalue weighted by Crippen LogP contribution is -2.47. The summed E-state index contributed by atoms with van der Waals surface area (Å²) in [5.41, 5.74) is 2.19. The number of para-hydroxylation sites is 1. The molecule has 1 saturated heterocycles. The third-order valence-corrected chi connectivity index (χ3v) is 6.14. The van der Waals surface area contributed by atoms with E-state index in [9.17, 15) is 9.59 Å². The van der Waals surface area contributed by atoms with Crippen LogP contribution in [0, 0.1) is 0 Å². The van der Waals surface area contributed by atoms with Crippen LogP contribution in [-0.4, -0.2) is 51.0 Å². The van der Waals surface area contributed by atoms with Crippen molar-refractivity contribution in [3.05, 3.63) is 84.3 Å². The van der Waals surface area contributed by atoms with Gasteiger partial charge in [0, 0.05) is 13.2 Å². The Morgan fingerprint density at radius 2 is 1.91 bits per heavy atom. The van der Waals surface area contributed by atoms with Crippen LogP contribution >= 0.6 is 0 Å². The maximum atomic E-state index is 13.8. The summed E-state index contributed by atoms with van der Waals surface area (Å²) in [7, 11) is 0. The topological polar surface area (TPSA) is 102 Å². The number of rotatable bonds is 9. The van der Waals surface area contributed by atoms with Gasteiger partial charge in [0.25, 0.3) is 0 Å². The van der Waals surface area contributed by atoms with Crippen molar-refractivity contribution in [2.45, 2.75) is 38.1 Å². The number of aromatic nitrogens is 3. The molecule has 2 aromatic carbocycles. The lowest BCUT2D eigenvalue weighted by atomic mass is 10.0. The zero-order valence-electron chi connectivity index (χ0n) is 19.2. The molecule has 3 heterocycles. The van der Waals surface area contributed by atoms with Crippen LogP contribution < -0.4 is 5.32 Å². The number of amides is 2. The van der Waals surface area contributed by atoms with Gasteiger partial charge in [-0.05, 0) is 42.7 Å². The van der Waals surface area contributed by atoms with Gasteiger partial charge in [0.2, 0.25) is 11.8 Å². The van der Waals surface area contributed by atoms with E-state index in [1.807, 2.05) is 54.6 Å². The molecule has 1 N–H and O–H groups in total. The second-order valence-electron chi connectivity index (χ2n) is 8.53. The van der Waals surface area contributed by atoms with Gasteiger partial charge in [0.1, 0.15) is 23.9 Å².